The minimum absolute atomic E-state index is 0.275. The van der Waals surface area contributed by atoms with Gasteiger partial charge in [0.1, 0.15) is 17.3 Å². The average Bonchev–Trinajstić information content (AvgIpc) is 2.36. The smallest absolute Gasteiger partial charge is 0.133 e. The summed E-state index contributed by atoms with van der Waals surface area (Å²) in [5.41, 5.74) is 6.01. The van der Waals surface area contributed by atoms with E-state index in [1.807, 2.05) is 24.3 Å². The first-order valence-electron chi connectivity index (χ1n) is 5.61. The van der Waals surface area contributed by atoms with E-state index >= 15 is 0 Å². The van der Waals surface area contributed by atoms with E-state index in [0.717, 1.165) is 3.57 Å². The number of nitrogens with two attached hydrogens (primary N) is 1. The first kappa shape index (κ1) is 13.3. The maximum Gasteiger partial charge on any atom is 0.133 e. The lowest BCUT2D eigenvalue weighted by atomic mass is 10.1. The van der Waals surface area contributed by atoms with E-state index in [0.29, 0.717) is 30.0 Å². The number of halogens is 2. The summed E-state index contributed by atoms with van der Waals surface area (Å²) in [5, 5.41) is 0. The van der Waals surface area contributed by atoms with E-state index in [9.17, 15) is 4.39 Å². The Morgan fingerprint density at radius 2 is 1.83 bits per heavy atom. The third-order valence-electron chi connectivity index (χ3n) is 2.51. The van der Waals surface area contributed by atoms with Gasteiger partial charge in [0.05, 0.1) is 0 Å². The van der Waals surface area contributed by atoms with Gasteiger partial charge in [-0.25, -0.2) is 4.39 Å². The summed E-state index contributed by atoms with van der Waals surface area (Å²) in [6.45, 7) is 0.393. The van der Waals surface area contributed by atoms with Crippen LogP contribution in [0.2, 0.25) is 0 Å². The van der Waals surface area contributed by atoms with Gasteiger partial charge in [-0.3, -0.25) is 0 Å². The quantitative estimate of drug-likeness (QED) is 0.847. The summed E-state index contributed by atoms with van der Waals surface area (Å²) in [6.07, 6.45) is 0.465. The Morgan fingerprint density at radius 1 is 1.11 bits per heavy atom. The molecule has 0 saturated carbocycles. The summed E-state index contributed by atoms with van der Waals surface area (Å²) in [7, 11) is 0. The van der Waals surface area contributed by atoms with E-state index in [1.165, 1.54) is 6.07 Å². The van der Waals surface area contributed by atoms with Crippen LogP contribution < -0.4 is 10.5 Å². The first-order chi connectivity index (χ1) is 8.70. The summed E-state index contributed by atoms with van der Waals surface area (Å²) < 4.78 is 20.5. The SMILES string of the molecule is NCCc1c(F)cccc1Oc1ccc(I)cc1. The zero-order valence-electron chi connectivity index (χ0n) is 9.70. The normalized spacial score (nSPS) is 10.4. The molecule has 0 aromatic heterocycles. The highest BCUT2D eigenvalue weighted by Crippen LogP contribution is 2.27. The highest BCUT2D eigenvalue weighted by atomic mass is 127. The molecule has 4 heteroatoms. The van der Waals surface area contributed by atoms with Crippen LogP contribution in [0.4, 0.5) is 4.39 Å². The molecule has 0 atom stereocenters. The molecule has 2 nitrogen and oxygen atoms in total. The molecule has 0 heterocycles. The third kappa shape index (κ3) is 3.20. The summed E-state index contributed by atoms with van der Waals surface area (Å²) in [6, 6.07) is 12.4. The van der Waals surface area contributed by atoms with Gasteiger partial charge in [-0.05, 0) is 72.0 Å². The van der Waals surface area contributed by atoms with Crippen LogP contribution in [0.25, 0.3) is 0 Å². The van der Waals surface area contributed by atoms with Gasteiger partial charge >= 0.3 is 0 Å². The Balaban J connectivity index is 2.28. The van der Waals surface area contributed by atoms with E-state index in [-0.39, 0.29) is 5.82 Å². The van der Waals surface area contributed by atoms with Crippen molar-refractivity contribution >= 4 is 22.6 Å². The molecule has 2 aromatic rings. The minimum Gasteiger partial charge on any atom is -0.457 e. The number of ether oxygens (including phenoxy) is 1. The second-order valence-corrected chi connectivity index (χ2v) is 5.06. The maximum absolute atomic E-state index is 13.7. The molecule has 0 radical (unpaired) electrons. The maximum atomic E-state index is 13.7. The van der Waals surface area contributed by atoms with Gasteiger partial charge in [0.25, 0.3) is 0 Å². The van der Waals surface area contributed by atoms with E-state index in [2.05, 4.69) is 22.6 Å². The Bertz CT molecular complexity index is 528. The third-order valence-corrected chi connectivity index (χ3v) is 3.23. The molecule has 0 aliphatic rings. The molecule has 2 aromatic carbocycles. The average molecular weight is 357 g/mol. The molecule has 0 spiro atoms. The van der Waals surface area contributed by atoms with Crippen LogP contribution in [-0.2, 0) is 6.42 Å². The lowest BCUT2D eigenvalue weighted by molar-refractivity contribution is 0.467. The number of benzene rings is 2. The zero-order valence-corrected chi connectivity index (χ0v) is 11.9. The number of rotatable bonds is 4. The topological polar surface area (TPSA) is 35.2 Å². The van der Waals surface area contributed by atoms with Gasteiger partial charge < -0.3 is 10.5 Å². The van der Waals surface area contributed by atoms with Gasteiger partial charge in [0.2, 0.25) is 0 Å². The zero-order chi connectivity index (χ0) is 13.0. The largest absolute Gasteiger partial charge is 0.457 e. The predicted molar refractivity (Wildman–Crippen MR) is 78.4 cm³/mol. The fraction of sp³-hybridized carbons (Fsp3) is 0.143. The standard InChI is InChI=1S/C14H13FINO/c15-13-2-1-3-14(12(13)8-9-17)18-11-6-4-10(16)5-7-11/h1-7H,8-9,17H2. The van der Waals surface area contributed by atoms with Crippen molar-refractivity contribution < 1.29 is 9.13 Å². The lowest BCUT2D eigenvalue weighted by Crippen LogP contribution is -2.06. The van der Waals surface area contributed by atoms with Crippen molar-refractivity contribution in [3.05, 3.63) is 57.4 Å². The molecule has 0 aliphatic carbocycles. The molecule has 2 N–H and O–H groups in total. The Hall–Kier alpha value is -1.14. The van der Waals surface area contributed by atoms with Gasteiger partial charge in [0, 0.05) is 9.13 Å². The second kappa shape index (κ2) is 6.15. The van der Waals surface area contributed by atoms with Crippen LogP contribution in [0.5, 0.6) is 11.5 Å². The van der Waals surface area contributed by atoms with Gasteiger partial charge in [-0.2, -0.15) is 0 Å². The second-order valence-electron chi connectivity index (χ2n) is 3.81. The fourth-order valence-electron chi connectivity index (χ4n) is 1.65. The van der Waals surface area contributed by atoms with Crippen LogP contribution in [0.3, 0.4) is 0 Å². The highest BCUT2D eigenvalue weighted by molar-refractivity contribution is 14.1. The molecule has 0 fully saturated rings. The minimum atomic E-state index is -0.275. The van der Waals surface area contributed by atoms with Crippen molar-refractivity contribution in [2.75, 3.05) is 6.54 Å². The Morgan fingerprint density at radius 3 is 2.50 bits per heavy atom. The Labute approximate surface area is 119 Å². The van der Waals surface area contributed by atoms with Crippen LogP contribution in [0, 0.1) is 9.39 Å². The fourth-order valence-corrected chi connectivity index (χ4v) is 2.01. The van der Waals surface area contributed by atoms with E-state index in [4.69, 9.17) is 10.5 Å². The van der Waals surface area contributed by atoms with E-state index < -0.39 is 0 Å². The summed E-state index contributed by atoms with van der Waals surface area (Å²) in [4.78, 5) is 0. The lowest BCUT2D eigenvalue weighted by Gasteiger charge is -2.11. The van der Waals surface area contributed by atoms with Crippen molar-refractivity contribution in [2.24, 2.45) is 5.73 Å². The molecular formula is C14H13FINO. The molecule has 18 heavy (non-hydrogen) atoms. The predicted octanol–water partition coefficient (Wildman–Crippen LogP) is 3.72. The molecule has 0 amide bonds. The number of hydrogen-bond acceptors (Lipinski definition) is 2. The van der Waals surface area contributed by atoms with Gasteiger partial charge in [-0.1, -0.05) is 6.07 Å². The molecule has 94 valence electrons. The first-order valence-corrected chi connectivity index (χ1v) is 6.69. The van der Waals surface area contributed by atoms with Crippen molar-refractivity contribution in [2.45, 2.75) is 6.42 Å². The van der Waals surface area contributed by atoms with Crippen molar-refractivity contribution in [1.29, 1.82) is 0 Å². The molecule has 0 bridgehead atoms. The van der Waals surface area contributed by atoms with Crippen LogP contribution >= 0.6 is 22.6 Å². The highest BCUT2D eigenvalue weighted by Gasteiger charge is 2.09. The molecule has 0 saturated heterocycles. The van der Waals surface area contributed by atoms with Crippen LogP contribution in [0.1, 0.15) is 5.56 Å². The van der Waals surface area contributed by atoms with Crippen molar-refractivity contribution in [3.8, 4) is 11.5 Å². The van der Waals surface area contributed by atoms with E-state index in [1.54, 1.807) is 12.1 Å². The van der Waals surface area contributed by atoms with Crippen molar-refractivity contribution in [3.63, 3.8) is 0 Å². The van der Waals surface area contributed by atoms with Crippen LogP contribution in [-0.4, -0.2) is 6.54 Å². The number of hydrogen-bond donors (Lipinski definition) is 1. The molecule has 0 unspecified atom stereocenters. The molecule has 2 rings (SSSR count). The molecular weight excluding hydrogens is 344 g/mol. The van der Waals surface area contributed by atoms with Crippen molar-refractivity contribution in [1.82, 2.24) is 0 Å². The van der Waals surface area contributed by atoms with Gasteiger partial charge in [-0.15, -0.1) is 0 Å². The van der Waals surface area contributed by atoms with Crippen LogP contribution in [0.15, 0.2) is 42.5 Å². The van der Waals surface area contributed by atoms with Gasteiger partial charge in [0.15, 0.2) is 0 Å². The summed E-state index contributed by atoms with van der Waals surface area (Å²) in [5.74, 6) is 0.949. The molecule has 0 aliphatic heterocycles. The summed E-state index contributed by atoms with van der Waals surface area (Å²) >= 11 is 2.22. The monoisotopic (exact) mass is 357 g/mol. The Kier molecular flexibility index (Phi) is 4.54.